The van der Waals surface area contributed by atoms with E-state index in [4.69, 9.17) is 0 Å². The Balaban J connectivity index is 1.48. The second-order valence-electron chi connectivity index (χ2n) is 9.28. The van der Waals surface area contributed by atoms with Crippen LogP contribution in [0.4, 0.5) is 0 Å². The normalized spacial score (nSPS) is 30.4. The molecule has 4 rings (SSSR count). The number of rotatable bonds is 3. The second-order valence-corrected chi connectivity index (χ2v) is 11.4. The van der Waals surface area contributed by atoms with Crippen molar-refractivity contribution in [3.05, 3.63) is 11.1 Å². The fourth-order valence-corrected chi connectivity index (χ4v) is 8.06. The van der Waals surface area contributed by atoms with Gasteiger partial charge in [0.25, 0.3) is 0 Å². The molecule has 0 spiro atoms. The molecule has 28 heavy (non-hydrogen) atoms. The number of hydrogen-bond acceptors (Lipinski definition) is 4. The molecule has 2 heterocycles. The third-order valence-electron chi connectivity index (χ3n) is 7.46. The molecule has 1 saturated carbocycles. The molecule has 1 unspecified atom stereocenters. The highest BCUT2D eigenvalue weighted by Crippen LogP contribution is 2.37. The molecule has 0 amide bonds. The van der Waals surface area contributed by atoms with Crippen molar-refractivity contribution in [2.75, 3.05) is 39.3 Å². The zero-order valence-electron chi connectivity index (χ0n) is 17.5. The number of hydrogen-bond donors (Lipinski definition) is 1. The standard InChI is InChI=1S/C22H39N3O2S/c26-28(27,25-15-7-13-23-14-17-25)22-11-6-8-19-18-24(16-12-21(19)22)20-9-4-2-1-3-5-10-20/h20,22-23H,1-18H2. The first-order valence-electron chi connectivity index (χ1n) is 11.8. The first kappa shape index (κ1) is 20.8. The Morgan fingerprint density at radius 1 is 0.786 bits per heavy atom. The van der Waals surface area contributed by atoms with Gasteiger partial charge >= 0.3 is 0 Å². The van der Waals surface area contributed by atoms with Crippen LogP contribution in [0.3, 0.4) is 0 Å². The average molecular weight is 410 g/mol. The van der Waals surface area contributed by atoms with Crippen LogP contribution in [0, 0.1) is 0 Å². The molecule has 0 bridgehead atoms. The van der Waals surface area contributed by atoms with E-state index < -0.39 is 10.0 Å². The van der Waals surface area contributed by atoms with Crippen LogP contribution in [0.25, 0.3) is 0 Å². The topological polar surface area (TPSA) is 52.7 Å². The van der Waals surface area contributed by atoms with Crippen molar-refractivity contribution < 1.29 is 8.42 Å². The summed E-state index contributed by atoms with van der Waals surface area (Å²) in [6.07, 6.45) is 14.5. The molecule has 160 valence electrons. The van der Waals surface area contributed by atoms with Crippen molar-refractivity contribution in [2.24, 2.45) is 0 Å². The minimum Gasteiger partial charge on any atom is -0.315 e. The van der Waals surface area contributed by atoms with E-state index >= 15 is 0 Å². The number of sulfonamides is 1. The van der Waals surface area contributed by atoms with Crippen LogP contribution in [-0.4, -0.2) is 68.2 Å². The van der Waals surface area contributed by atoms with Crippen LogP contribution in [0.15, 0.2) is 11.1 Å². The molecular formula is C22H39N3O2S. The SMILES string of the molecule is O=S(=O)(C1CCCC2=C1CCN(C1CCCCCCC1)C2)N1CCCNCC1. The van der Waals surface area contributed by atoms with Crippen LogP contribution in [0.1, 0.15) is 77.0 Å². The lowest BCUT2D eigenvalue weighted by Crippen LogP contribution is -2.47. The van der Waals surface area contributed by atoms with Gasteiger partial charge in [-0.25, -0.2) is 12.7 Å². The molecule has 2 aliphatic heterocycles. The second kappa shape index (κ2) is 9.59. The van der Waals surface area contributed by atoms with E-state index in [1.54, 1.807) is 4.31 Å². The monoisotopic (exact) mass is 409 g/mol. The van der Waals surface area contributed by atoms with Crippen molar-refractivity contribution in [1.82, 2.24) is 14.5 Å². The van der Waals surface area contributed by atoms with Gasteiger partial charge in [0, 0.05) is 38.8 Å². The molecule has 4 aliphatic rings. The van der Waals surface area contributed by atoms with Gasteiger partial charge in [-0.15, -0.1) is 0 Å². The number of nitrogens with one attached hydrogen (secondary N) is 1. The Labute approximate surface area is 172 Å². The minimum atomic E-state index is -3.21. The summed E-state index contributed by atoms with van der Waals surface area (Å²) in [6, 6.07) is 0.725. The van der Waals surface area contributed by atoms with Crippen LogP contribution >= 0.6 is 0 Å². The average Bonchev–Trinajstić information content (AvgIpc) is 2.97. The lowest BCUT2D eigenvalue weighted by Gasteiger charge is -2.41. The lowest BCUT2D eigenvalue weighted by atomic mass is 9.85. The fourth-order valence-electron chi connectivity index (χ4n) is 5.87. The van der Waals surface area contributed by atoms with Crippen molar-refractivity contribution in [3.8, 4) is 0 Å². The summed E-state index contributed by atoms with van der Waals surface area (Å²) in [4.78, 5) is 2.70. The van der Waals surface area contributed by atoms with Crippen LogP contribution in [0.2, 0.25) is 0 Å². The Hall–Kier alpha value is -0.430. The summed E-state index contributed by atoms with van der Waals surface area (Å²) in [5.41, 5.74) is 2.77. The summed E-state index contributed by atoms with van der Waals surface area (Å²) in [5.74, 6) is 0. The van der Waals surface area contributed by atoms with Crippen molar-refractivity contribution in [1.29, 1.82) is 0 Å². The largest absolute Gasteiger partial charge is 0.315 e. The van der Waals surface area contributed by atoms with Gasteiger partial charge in [0.15, 0.2) is 0 Å². The fraction of sp³-hybridized carbons (Fsp3) is 0.909. The summed E-state index contributed by atoms with van der Waals surface area (Å²) in [7, 11) is -3.21. The van der Waals surface area contributed by atoms with Gasteiger partial charge in [-0.1, -0.05) is 37.7 Å². The highest BCUT2D eigenvalue weighted by Gasteiger charge is 2.39. The van der Waals surface area contributed by atoms with Gasteiger partial charge in [-0.05, 0) is 57.1 Å². The quantitative estimate of drug-likeness (QED) is 0.727. The van der Waals surface area contributed by atoms with Gasteiger partial charge in [0.05, 0.1) is 5.25 Å². The van der Waals surface area contributed by atoms with E-state index in [0.717, 1.165) is 64.3 Å². The molecule has 6 heteroatoms. The van der Waals surface area contributed by atoms with Gasteiger partial charge in [-0.3, -0.25) is 4.90 Å². The molecule has 5 nitrogen and oxygen atoms in total. The first-order valence-corrected chi connectivity index (χ1v) is 13.3. The zero-order chi connectivity index (χ0) is 19.4. The Morgan fingerprint density at radius 2 is 1.57 bits per heavy atom. The minimum absolute atomic E-state index is 0.242. The molecule has 2 aliphatic carbocycles. The molecule has 0 radical (unpaired) electrons. The maximum Gasteiger partial charge on any atom is 0.220 e. The van der Waals surface area contributed by atoms with E-state index in [1.807, 2.05) is 0 Å². The third-order valence-corrected chi connectivity index (χ3v) is 9.78. The van der Waals surface area contributed by atoms with Gasteiger partial charge in [0.2, 0.25) is 10.0 Å². The predicted molar refractivity (Wildman–Crippen MR) is 115 cm³/mol. The molecule has 0 aromatic rings. The van der Waals surface area contributed by atoms with E-state index in [9.17, 15) is 8.42 Å². The van der Waals surface area contributed by atoms with Crippen molar-refractivity contribution >= 4 is 10.0 Å². The van der Waals surface area contributed by atoms with E-state index in [2.05, 4.69) is 10.2 Å². The molecule has 1 saturated heterocycles. The Kier molecular flexibility index (Phi) is 7.13. The van der Waals surface area contributed by atoms with Crippen LogP contribution in [0.5, 0.6) is 0 Å². The molecule has 0 aromatic heterocycles. The van der Waals surface area contributed by atoms with Gasteiger partial charge < -0.3 is 5.32 Å². The third kappa shape index (κ3) is 4.66. The summed E-state index contributed by atoms with van der Waals surface area (Å²) in [6.45, 7) is 5.14. The van der Waals surface area contributed by atoms with Crippen LogP contribution < -0.4 is 5.32 Å². The molecule has 0 aromatic carbocycles. The maximum atomic E-state index is 13.5. The highest BCUT2D eigenvalue weighted by molar-refractivity contribution is 7.90. The maximum absolute atomic E-state index is 13.5. The van der Waals surface area contributed by atoms with E-state index in [1.165, 1.54) is 56.1 Å². The highest BCUT2D eigenvalue weighted by atomic mass is 32.2. The first-order chi connectivity index (χ1) is 13.7. The zero-order valence-corrected chi connectivity index (χ0v) is 18.3. The summed E-state index contributed by atoms with van der Waals surface area (Å²) in [5, 5.41) is 3.09. The van der Waals surface area contributed by atoms with Crippen LogP contribution in [-0.2, 0) is 10.0 Å². The van der Waals surface area contributed by atoms with Gasteiger partial charge in [0.1, 0.15) is 0 Å². The predicted octanol–water partition coefficient (Wildman–Crippen LogP) is 3.28. The van der Waals surface area contributed by atoms with Crippen molar-refractivity contribution in [2.45, 2.75) is 88.3 Å². The number of nitrogens with zero attached hydrogens (tertiary/aromatic N) is 2. The Morgan fingerprint density at radius 3 is 2.39 bits per heavy atom. The molecule has 1 N–H and O–H groups in total. The Bertz CT molecular complexity index is 645. The smallest absolute Gasteiger partial charge is 0.220 e. The summed E-state index contributed by atoms with van der Waals surface area (Å²) < 4.78 is 28.7. The molecule has 1 atom stereocenters. The van der Waals surface area contributed by atoms with Crippen molar-refractivity contribution in [3.63, 3.8) is 0 Å². The summed E-state index contributed by atoms with van der Waals surface area (Å²) >= 11 is 0. The van der Waals surface area contributed by atoms with E-state index in [0.29, 0.717) is 13.1 Å². The molecular weight excluding hydrogens is 370 g/mol. The molecule has 2 fully saturated rings. The lowest BCUT2D eigenvalue weighted by molar-refractivity contribution is 0.168. The van der Waals surface area contributed by atoms with Gasteiger partial charge in [-0.2, -0.15) is 0 Å². The van der Waals surface area contributed by atoms with E-state index in [-0.39, 0.29) is 5.25 Å².